The van der Waals surface area contributed by atoms with E-state index in [0.717, 1.165) is 23.5 Å². The maximum atomic E-state index is 11.6. The third-order valence-corrected chi connectivity index (χ3v) is 8.89. The first kappa shape index (κ1) is 26.0. The SMILES string of the molecule is CC1CCCC(N=Cc2cc(-c3ccccc3)cc(C3CCCCCCCCCCC3)c2O)C1C. The van der Waals surface area contributed by atoms with Gasteiger partial charge in [-0.3, -0.25) is 4.99 Å². The number of benzene rings is 2. The topological polar surface area (TPSA) is 32.6 Å². The third-order valence-electron chi connectivity index (χ3n) is 8.89. The van der Waals surface area contributed by atoms with Crippen molar-refractivity contribution in [1.29, 1.82) is 0 Å². The largest absolute Gasteiger partial charge is 0.507 e. The highest BCUT2D eigenvalue weighted by Gasteiger charge is 2.26. The van der Waals surface area contributed by atoms with Gasteiger partial charge in [-0.25, -0.2) is 0 Å². The van der Waals surface area contributed by atoms with Crippen molar-refractivity contribution in [3.8, 4) is 16.9 Å². The Morgan fingerprint density at radius 2 is 1.34 bits per heavy atom. The predicted molar refractivity (Wildman–Crippen MR) is 151 cm³/mol. The molecule has 2 heteroatoms. The first-order chi connectivity index (χ1) is 17.1. The highest BCUT2D eigenvalue weighted by atomic mass is 16.3. The summed E-state index contributed by atoms with van der Waals surface area (Å²) in [6, 6.07) is 15.5. The summed E-state index contributed by atoms with van der Waals surface area (Å²) in [5, 5.41) is 11.6. The molecule has 0 bridgehead atoms. The van der Waals surface area contributed by atoms with Gasteiger partial charge < -0.3 is 5.11 Å². The zero-order chi connectivity index (χ0) is 24.5. The van der Waals surface area contributed by atoms with E-state index < -0.39 is 0 Å². The summed E-state index contributed by atoms with van der Waals surface area (Å²) < 4.78 is 0. The number of aliphatic imine (C=N–C) groups is 1. The van der Waals surface area contributed by atoms with Crippen molar-refractivity contribution in [3.63, 3.8) is 0 Å². The van der Waals surface area contributed by atoms with Crippen molar-refractivity contribution >= 4 is 6.21 Å². The van der Waals surface area contributed by atoms with Gasteiger partial charge in [0.15, 0.2) is 0 Å². The highest BCUT2D eigenvalue weighted by molar-refractivity contribution is 5.87. The molecule has 0 saturated heterocycles. The standard InChI is InChI=1S/C33H47NO/c1-25-16-15-21-32(26(25)2)34-24-30-22-29(27-17-13-10-14-18-27)23-31(33(30)35)28-19-11-8-6-4-3-5-7-9-12-20-28/h10,13-14,17-18,22-26,28,32,35H,3-9,11-12,15-16,19-21H2,1-2H3. The molecule has 0 radical (unpaired) electrons. The average molecular weight is 474 g/mol. The molecule has 2 nitrogen and oxygen atoms in total. The molecule has 0 heterocycles. The van der Waals surface area contributed by atoms with E-state index in [0.29, 0.717) is 23.6 Å². The van der Waals surface area contributed by atoms with Crippen LogP contribution in [0.15, 0.2) is 47.5 Å². The summed E-state index contributed by atoms with van der Waals surface area (Å²) in [6.45, 7) is 4.71. The number of rotatable bonds is 4. The maximum Gasteiger partial charge on any atom is 0.127 e. The van der Waals surface area contributed by atoms with Gasteiger partial charge in [-0.1, -0.05) is 115 Å². The van der Waals surface area contributed by atoms with Crippen LogP contribution in [0, 0.1) is 11.8 Å². The molecule has 2 aliphatic rings. The molecule has 190 valence electrons. The first-order valence-corrected chi connectivity index (χ1v) is 14.6. The van der Waals surface area contributed by atoms with Crippen LogP contribution >= 0.6 is 0 Å². The molecule has 1 N–H and O–H groups in total. The Hall–Kier alpha value is -2.09. The smallest absolute Gasteiger partial charge is 0.127 e. The van der Waals surface area contributed by atoms with Gasteiger partial charge in [0.1, 0.15) is 5.75 Å². The van der Waals surface area contributed by atoms with Crippen LogP contribution in [-0.4, -0.2) is 17.4 Å². The minimum absolute atomic E-state index is 0.364. The van der Waals surface area contributed by atoms with Gasteiger partial charge >= 0.3 is 0 Å². The van der Waals surface area contributed by atoms with Crippen LogP contribution in [0.2, 0.25) is 0 Å². The molecular weight excluding hydrogens is 426 g/mol. The van der Waals surface area contributed by atoms with Gasteiger partial charge in [-0.05, 0) is 65.8 Å². The number of phenolic OH excluding ortho intramolecular Hbond substituents is 1. The van der Waals surface area contributed by atoms with Crippen molar-refractivity contribution in [2.45, 2.75) is 116 Å². The summed E-state index contributed by atoms with van der Waals surface area (Å²) in [5.74, 6) is 2.23. The van der Waals surface area contributed by atoms with Crippen LogP contribution in [0.5, 0.6) is 5.75 Å². The molecule has 35 heavy (non-hydrogen) atoms. The van der Waals surface area contributed by atoms with Crippen LogP contribution < -0.4 is 0 Å². The van der Waals surface area contributed by atoms with E-state index >= 15 is 0 Å². The van der Waals surface area contributed by atoms with Gasteiger partial charge in [0.05, 0.1) is 6.04 Å². The summed E-state index contributed by atoms with van der Waals surface area (Å²) in [4.78, 5) is 5.07. The Morgan fingerprint density at radius 1 is 0.714 bits per heavy atom. The first-order valence-electron chi connectivity index (χ1n) is 14.6. The third kappa shape index (κ3) is 7.21. The molecular formula is C33H47NO. The van der Waals surface area contributed by atoms with E-state index in [1.54, 1.807) is 0 Å². The van der Waals surface area contributed by atoms with Crippen LogP contribution in [0.25, 0.3) is 11.1 Å². The molecule has 2 aromatic carbocycles. The second kappa shape index (κ2) is 13.3. The Kier molecular flexibility index (Phi) is 9.86. The maximum absolute atomic E-state index is 11.6. The van der Waals surface area contributed by atoms with Crippen LogP contribution in [0.3, 0.4) is 0 Å². The molecule has 2 saturated carbocycles. The lowest BCUT2D eigenvalue weighted by Gasteiger charge is -2.31. The van der Waals surface area contributed by atoms with Crippen molar-refractivity contribution in [2.24, 2.45) is 16.8 Å². The molecule has 0 spiro atoms. The number of hydrogen-bond donors (Lipinski definition) is 1. The summed E-state index contributed by atoms with van der Waals surface area (Å²) in [5.41, 5.74) is 4.47. The van der Waals surface area contributed by atoms with E-state index in [-0.39, 0.29) is 0 Å². The fourth-order valence-corrected chi connectivity index (χ4v) is 6.30. The van der Waals surface area contributed by atoms with Crippen molar-refractivity contribution in [2.75, 3.05) is 0 Å². The number of hydrogen-bond acceptors (Lipinski definition) is 2. The summed E-state index contributed by atoms with van der Waals surface area (Å²) in [7, 11) is 0. The Bertz CT molecular complexity index is 922. The van der Waals surface area contributed by atoms with Gasteiger partial charge in [-0.2, -0.15) is 0 Å². The van der Waals surface area contributed by atoms with Crippen LogP contribution in [0.4, 0.5) is 0 Å². The Morgan fingerprint density at radius 3 is 2.00 bits per heavy atom. The minimum Gasteiger partial charge on any atom is -0.507 e. The van der Waals surface area contributed by atoms with Crippen molar-refractivity contribution in [1.82, 2.24) is 0 Å². The molecule has 0 aromatic heterocycles. The van der Waals surface area contributed by atoms with Crippen molar-refractivity contribution < 1.29 is 5.11 Å². The summed E-state index contributed by atoms with van der Waals surface area (Å²) >= 11 is 0. The zero-order valence-electron chi connectivity index (χ0n) is 22.2. The lowest BCUT2D eigenvalue weighted by molar-refractivity contribution is 0.242. The van der Waals surface area contributed by atoms with E-state index in [4.69, 9.17) is 4.99 Å². The molecule has 3 atom stereocenters. The fourth-order valence-electron chi connectivity index (χ4n) is 6.30. The van der Waals surface area contributed by atoms with Gasteiger partial charge in [0, 0.05) is 11.8 Å². The Labute approximate surface area is 214 Å². The molecule has 0 aliphatic heterocycles. The highest BCUT2D eigenvalue weighted by Crippen LogP contribution is 2.39. The number of phenols is 1. The lowest BCUT2D eigenvalue weighted by atomic mass is 9.78. The minimum atomic E-state index is 0.364. The average Bonchev–Trinajstić information content (AvgIpc) is 2.87. The second-order valence-electron chi connectivity index (χ2n) is 11.4. The molecule has 0 amide bonds. The second-order valence-corrected chi connectivity index (χ2v) is 11.4. The van der Waals surface area contributed by atoms with Gasteiger partial charge in [0.2, 0.25) is 0 Å². The predicted octanol–water partition coefficient (Wildman–Crippen LogP) is 9.69. The number of nitrogens with zero attached hydrogens (tertiary/aromatic N) is 1. The van der Waals surface area contributed by atoms with Crippen LogP contribution in [0.1, 0.15) is 121 Å². The molecule has 3 unspecified atom stereocenters. The van der Waals surface area contributed by atoms with Crippen LogP contribution in [-0.2, 0) is 0 Å². The number of aromatic hydroxyl groups is 1. The van der Waals surface area contributed by atoms with E-state index in [2.05, 4.69) is 56.3 Å². The normalized spacial score (nSPS) is 25.7. The lowest BCUT2D eigenvalue weighted by Crippen LogP contribution is -2.27. The molecule has 4 rings (SSSR count). The quantitative estimate of drug-likeness (QED) is 0.440. The summed E-state index contributed by atoms with van der Waals surface area (Å²) in [6.07, 6.45) is 20.2. The molecule has 2 aliphatic carbocycles. The van der Waals surface area contributed by atoms with Crippen molar-refractivity contribution in [3.05, 3.63) is 53.6 Å². The zero-order valence-corrected chi connectivity index (χ0v) is 22.2. The van der Waals surface area contributed by atoms with Gasteiger partial charge in [0.25, 0.3) is 0 Å². The van der Waals surface area contributed by atoms with E-state index in [1.807, 2.05) is 6.21 Å². The Balaban J connectivity index is 1.66. The monoisotopic (exact) mass is 473 g/mol. The van der Waals surface area contributed by atoms with Gasteiger partial charge in [-0.15, -0.1) is 0 Å². The van der Waals surface area contributed by atoms with E-state index in [1.165, 1.54) is 94.6 Å². The van der Waals surface area contributed by atoms with E-state index in [9.17, 15) is 5.11 Å². The fraction of sp³-hybridized carbons (Fsp3) is 0.606. The molecule has 2 fully saturated rings. The molecule has 2 aromatic rings.